The number of likely N-dealkylation sites (N-methyl/N-ethyl adjacent to an activating group) is 1. The molecule has 138 valence electrons. The van der Waals surface area contributed by atoms with Crippen LogP contribution in [0.3, 0.4) is 0 Å². The van der Waals surface area contributed by atoms with Crippen molar-refractivity contribution in [3.05, 3.63) is 48.5 Å². The van der Waals surface area contributed by atoms with Gasteiger partial charge in [0.05, 0.1) is 25.5 Å². The molecule has 0 saturated carbocycles. The SMILES string of the molecule is COC(=O)N(C)CCOc1cc(F)cc(NC(=O)Nc2cccnc2)c1. The summed E-state index contributed by atoms with van der Waals surface area (Å²) in [5.41, 5.74) is 0.728. The summed E-state index contributed by atoms with van der Waals surface area (Å²) in [7, 11) is 2.83. The minimum atomic E-state index is -0.569. The van der Waals surface area contributed by atoms with Crippen LogP contribution in [-0.4, -0.2) is 49.3 Å². The smallest absolute Gasteiger partial charge is 0.409 e. The van der Waals surface area contributed by atoms with E-state index in [0.29, 0.717) is 5.69 Å². The van der Waals surface area contributed by atoms with E-state index < -0.39 is 17.9 Å². The maximum absolute atomic E-state index is 13.7. The van der Waals surface area contributed by atoms with Gasteiger partial charge in [0.25, 0.3) is 0 Å². The Hall–Kier alpha value is -3.36. The Balaban J connectivity index is 1.92. The third-order valence-electron chi connectivity index (χ3n) is 3.23. The quantitative estimate of drug-likeness (QED) is 0.824. The molecule has 0 aliphatic heterocycles. The second kappa shape index (κ2) is 9.21. The fraction of sp³-hybridized carbons (Fsp3) is 0.235. The van der Waals surface area contributed by atoms with Crippen molar-refractivity contribution in [2.45, 2.75) is 0 Å². The lowest BCUT2D eigenvalue weighted by Crippen LogP contribution is -2.30. The van der Waals surface area contributed by atoms with Gasteiger partial charge in [-0.1, -0.05) is 0 Å². The first kappa shape index (κ1) is 19.0. The summed E-state index contributed by atoms with van der Waals surface area (Å²) in [5.74, 6) is -0.347. The Morgan fingerprint density at radius 2 is 2.00 bits per heavy atom. The summed E-state index contributed by atoms with van der Waals surface area (Å²) in [4.78, 5) is 28.4. The number of hydrogen-bond donors (Lipinski definition) is 2. The lowest BCUT2D eigenvalue weighted by molar-refractivity contribution is 0.126. The van der Waals surface area contributed by atoms with Gasteiger partial charge < -0.3 is 25.0 Å². The molecule has 8 nitrogen and oxygen atoms in total. The van der Waals surface area contributed by atoms with Crippen LogP contribution in [0.15, 0.2) is 42.7 Å². The summed E-state index contributed by atoms with van der Waals surface area (Å²) in [6.07, 6.45) is 2.57. The number of nitrogens with zero attached hydrogens (tertiary/aromatic N) is 2. The summed E-state index contributed by atoms with van der Waals surface area (Å²) < 4.78 is 23.7. The lowest BCUT2D eigenvalue weighted by Gasteiger charge is -2.16. The van der Waals surface area contributed by atoms with Crippen LogP contribution in [-0.2, 0) is 4.74 Å². The molecular weight excluding hydrogens is 343 g/mol. The molecular formula is C17H19FN4O4. The molecule has 0 spiro atoms. The number of carbonyl (C=O) groups excluding carboxylic acids is 2. The third kappa shape index (κ3) is 5.93. The highest BCUT2D eigenvalue weighted by atomic mass is 19.1. The van der Waals surface area contributed by atoms with E-state index in [0.717, 1.165) is 6.07 Å². The van der Waals surface area contributed by atoms with Gasteiger partial charge in [-0.2, -0.15) is 0 Å². The number of aromatic nitrogens is 1. The second-order valence-corrected chi connectivity index (χ2v) is 5.24. The number of nitrogens with one attached hydrogen (secondary N) is 2. The zero-order valence-corrected chi connectivity index (χ0v) is 14.4. The number of rotatable bonds is 6. The molecule has 0 fully saturated rings. The molecule has 0 saturated heterocycles. The van der Waals surface area contributed by atoms with Crippen LogP contribution in [0.4, 0.5) is 25.4 Å². The molecule has 0 aliphatic rings. The van der Waals surface area contributed by atoms with E-state index in [-0.39, 0.29) is 24.6 Å². The molecule has 2 rings (SSSR count). The lowest BCUT2D eigenvalue weighted by atomic mass is 10.3. The van der Waals surface area contributed by atoms with Gasteiger partial charge in [-0.15, -0.1) is 0 Å². The van der Waals surface area contributed by atoms with Gasteiger partial charge in [0.2, 0.25) is 0 Å². The number of benzene rings is 1. The zero-order valence-electron chi connectivity index (χ0n) is 14.4. The van der Waals surface area contributed by atoms with Crippen molar-refractivity contribution in [3.63, 3.8) is 0 Å². The predicted octanol–water partition coefficient (Wildman–Crippen LogP) is 2.94. The molecule has 2 N–H and O–H groups in total. The minimum absolute atomic E-state index is 0.135. The fourth-order valence-electron chi connectivity index (χ4n) is 2.00. The van der Waals surface area contributed by atoms with Crippen molar-refractivity contribution < 1.29 is 23.5 Å². The van der Waals surface area contributed by atoms with Gasteiger partial charge in [0, 0.05) is 31.1 Å². The molecule has 0 atom stereocenters. The monoisotopic (exact) mass is 362 g/mol. The van der Waals surface area contributed by atoms with Crippen LogP contribution >= 0.6 is 0 Å². The van der Waals surface area contributed by atoms with E-state index in [1.54, 1.807) is 25.4 Å². The number of urea groups is 1. The van der Waals surface area contributed by atoms with Gasteiger partial charge in [-0.3, -0.25) is 4.98 Å². The maximum atomic E-state index is 13.7. The average Bonchev–Trinajstić information content (AvgIpc) is 2.61. The number of ether oxygens (including phenoxy) is 2. The van der Waals surface area contributed by atoms with Crippen LogP contribution < -0.4 is 15.4 Å². The van der Waals surface area contributed by atoms with Crippen LogP contribution in [0.1, 0.15) is 0 Å². The van der Waals surface area contributed by atoms with Gasteiger partial charge >= 0.3 is 12.1 Å². The van der Waals surface area contributed by atoms with Gasteiger partial charge in [-0.25, -0.2) is 14.0 Å². The highest BCUT2D eigenvalue weighted by molar-refractivity contribution is 5.99. The second-order valence-electron chi connectivity index (χ2n) is 5.24. The zero-order chi connectivity index (χ0) is 18.9. The number of pyridine rings is 1. The van der Waals surface area contributed by atoms with Crippen LogP contribution in [0.5, 0.6) is 5.75 Å². The van der Waals surface area contributed by atoms with Crippen molar-refractivity contribution in [1.29, 1.82) is 0 Å². The number of methoxy groups -OCH3 is 1. The van der Waals surface area contributed by atoms with E-state index in [2.05, 4.69) is 20.4 Å². The molecule has 0 bridgehead atoms. The molecule has 0 radical (unpaired) electrons. The largest absolute Gasteiger partial charge is 0.492 e. The first-order valence-electron chi connectivity index (χ1n) is 7.68. The Morgan fingerprint density at radius 1 is 1.23 bits per heavy atom. The molecule has 2 aromatic rings. The van der Waals surface area contributed by atoms with Gasteiger partial charge in [0.15, 0.2) is 0 Å². The van der Waals surface area contributed by atoms with Gasteiger partial charge in [-0.05, 0) is 18.2 Å². The number of halogens is 1. The molecule has 1 heterocycles. The average molecular weight is 362 g/mol. The van der Waals surface area contributed by atoms with Crippen molar-refractivity contribution in [1.82, 2.24) is 9.88 Å². The highest BCUT2D eigenvalue weighted by Crippen LogP contribution is 2.20. The Labute approximate surface area is 149 Å². The summed E-state index contributed by atoms with van der Waals surface area (Å²) in [5, 5.41) is 5.09. The third-order valence-corrected chi connectivity index (χ3v) is 3.23. The van der Waals surface area contributed by atoms with E-state index >= 15 is 0 Å². The summed E-state index contributed by atoms with van der Waals surface area (Å²) in [6.45, 7) is 0.393. The number of anilines is 2. The van der Waals surface area contributed by atoms with E-state index in [1.807, 2.05) is 0 Å². The first-order valence-corrected chi connectivity index (χ1v) is 7.68. The molecule has 1 aromatic heterocycles. The summed E-state index contributed by atoms with van der Waals surface area (Å²) in [6, 6.07) is 6.63. The van der Waals surface area contributed by atoms with Crippen molar-refractivity contribution in [2.24, 2.45) is 0 Å². The van der Waals surface area contributed by atoms with Crippen LogP contribution in [0.2, 0.25) is 0 Å². The molecule has 0 aliphatic carbocycles. The molecule has 26 heavy (non-hydrogen) atoms. The molecule has 9 heteroatoms. The van der Waals surface area contributed by atoms with Crippen molar-refractivity contribution >= 4 is 23.5 Å². The molecule has 3 amide bonds. The number of hydrogen-bond acceptors (Lipinski definition) is 5. The van der Waals surface area contributed by atoms with Crippen LogP contribution in [0.25, 0.3) is 0 Å². The predicted molar refractivity (Wildman–Crippen MR) is 93.8 cm³/mol. The Bertz CT molecular complexity index is 758. The number of carbonyl (C=O) groups is 2. The minimum Gasteiger partial charge on any atom is -0.492 e. The summed E-state index contributed by atoms with van der Waals surface area (Å²) >= 11 is 0. The Morgan fingerprint density at radius 3 is 2.69 bits per heavy atom. The Kier molecular flexibility index (Phi) is 6.72. The van der Waals surface area contributed by atoms with Crippen molar-refractivity contribution in [3.8, 4) is 5.75 Å². The van der Waals surface area contributed by atoms with Crippen molar-refractivity contribution in [2.75, 3.05) is 37.9 Å². The van der Waals surface area contributed by atoms with Crippen LogP contribution in [0, 0.1) is 5.82 Å². The first-order chi connectivity index (χ1) is 12.5. The topological polar surface area (TPSA) is 92.8 Å². The molecule has 0 unspecified atom stereocenters. The highest BCUT2D eigenvalue weighted by Gasteiger charge is 2.09. The standard InChI is InChI=1S/C17H19FN4O4/c1-22(17(24)25-2)6-7-26-15-9-12(18)8-14(10-15)21-16(23)20-13-4-3-5-19-11-13/h3-5,8-11H,6-7H2,1-2H3,(H2,20,21,23). The maximum Gasteiger partial charge on any atom is 0.409 e. The van der Waals surface area contributed by atoms with E-state index in [9.17, 15) is 14.0 Å². The fourth-order valence-corrected chi connectivity index (χ4v) is 2.00. The normalized spacial score (nSPS) is 9.96. The van der Waals surface area contributed by atoms with E-state index in [4.69, 9.17) is 4.74 Å². The molecule has 1 aromatic carbocycles. The van der Waals surface area contributed by atoms with Gasteiger partial charge in [0.1, 0.15) is 18.2 Å². The number of amides is 3. The van der Waals surface area contributed by atoms with E-state index in [1.165, 1.54) is 30.3 Å².